The van der Waals surface area contributed by atoms with E-state index in [0.29, 0.717) is 6.54 Å². The molecule has 0 spiro atoms. The first kappa shape index (κ1) is 16.7. The highest BCUT2D eigenvalue weighted by Crippen LogP contribution is 2.27. The molecule has 2 rings (SSSR count). The number of nitrogens with two attached hydrogens (primary N) is 1. The summed E-state index contributed by atoms with van der Waals surface area (Å²) in [6, 6.07) is 8.71. The molecule has 0 saturated carbocycles. The van der Waals surface area contributed by atoms with Gasteiger partial charge in [-0.1, -0.05) is 70.0 Å². The minimum absolute atomic E-state index is 0.162. The molecule has 0 bridgehead atoms. The summed E-state index contributed by atoms with van der Waals surface area (Å²) in [5.74, 6) is 0. The summed E-state index contributed by atoms with van der Waals surface area (Å²) in [7, 11) is 0. The summed E-state index contributed by atoms with van der Waals surface area (Å²) in [6.07, 6.45) is 3.53. The van der Waals surface area contributed by atoms with E-state index in [1.54, 1.807) is 0 Å². The van der Waals surface area contributed by atoms with E-state index in [4.69, 9.17) is 5.73 Å². The van der Waals surface area contributed by atoms with Gasteiger partial charge in [0.1, 0.15) is 5.69 Å². The van der Waals surface area contributed by atoms with Crippen LogP contribution in [0.15, 0.2) is 24.3 Å². The van der Waals surface area contributed by atoms with Gasteiger partial charge in [0, 0.05) is 18.7 Å². The molecule has 0 aliphatic carbocycles. The number of aryl methyl sites for hydroxylation is 1. The number of nitrogens with zero attached hydrogens (tertiary/aromatic N) is 3. The Morgan fingerprint density at radius 1 is 1.09 bits per heavy atom. The van der Waals surface area contributed by atoms with Crippen LogP contribution >= 0.6 is 0 Å². The van der Waals surface area contributed by atoms with Crippen molar-refractivity contribution in [2.75, 3.05) is 0 Å². The van der Waals surface area contributed by atoms with Gasteiger partial charge in [-0.15, -0.1) is 5.10 Å². The number of benzene rings is 1. The second kappa shape index (κ2) is 7.05. The molecule has 0 unspecified atom stereocenters. The van der Waals surface area contributed by atoms with Crippen LogP contribution in [0, 0.1) is 0 Å². The van der Waals surface area contributed by atoms with E-state index in [9.17, 15) is 0 Å². The molecule has 4 nitrogen and oxygen atoms in total. The molecule has 0 radical (unpaired) electrons. The first-order valence-corrected chi connectivity index (χ1v) is 8.20. The van der Waals surface area contributed by atoms with Gasteiger partial charge in [0.15, 0.2) is 0 Å². The maximum Gasteiger partial charge on any atom is 0.104 e. The standard InChI is InChI=1S/C18H28N4/c1-5-6-7-12-22-17(16(13-19)20-21-22)14-8-10-15(11-9-14)18(2,3)4/h8-11H,5-7,12-13,19H2,1-4H3. The van der Waals surface area contributed by atoms with Crippen molar-refractivity contribution in [3.8, 4) is 11.3 Å². The van der Waals surface area contributed by atoms with Crippen molar-refractivity contribution in [2.24, 2.45) is 5.73 Å². The molecular formula is C18H28N4. The normalized spacial score (nSPS) is 11.9. The lowest BCUT2D eigenvalue weighted by atomic mass is 9.86. The smallest absolute Gasteiger partial charge is 0.104 e. The van der Waals surface area contributed by atoms with E-state index in [-0.39, 0.29) is 5.41 Å². The van der Waals surface area contributed by atoms with E-state index >= 15 is 0 Å². The molecule has 120 valence electrons. The Hall–Kier alpha value is -1.68. The summed E-state index contributed by atoms with van der Waals surface area (Å²) in [4.78, 5) is 0. The van der Waals surface area contributed by atoms with Gasteiger partial charge in [-0.2, -0.15) is 0 Å². The molecule has 2 N–H and O–H groups in total. The summed E-state index contributed by atoms with van der Waals surface area (Å²) in [6.45, 7) is 10.2. The van der Waals surface area contributed by atoms with Gasteiger partial charge < -0.3 is 5.73 Å². The van der Waals surface area contributed by atoms with Crippen LogP contribution in [0.4, 0.5) is 0 Å². The third-order valence-corrected chi connectivity index (χ3v) is 4.00. The van der Waals surface area contributed by atoms with Gasteiger partial charge in [-0.3, -0.25) is 0 Å². The number of aromatic nitrogens is 3. The van der Waals surface area contributed by atoms with Gasteiger partial charge >= 0.3 is 0 Å². The molecular weight excluding hydrogens is 272 g/mol. The largest absolute Gasteiger partial charge is 0.325 e. The Kier molecular flexibility index (Phi) is 5.35. The van der Waals surface area contributed by atoms with Crippen LogP contribution in [0.2, 0.25) is 0 Å². The molecule has 0 amide bonds. The van der Waals surface area contributed by atoms with Gasteiger partial charge in [0.2, 0.25) is 0 Å². The third kappa shape index (κ3) is 3.74. The topological polar surface area (TPSA) is 56.7 Å². The zero-order valence-corrected chi connectivity index (χ0v) is 14.3. The second-order valence-electron chi connectivity index (χ2n) is 6.85. The summed E-state index contributed by atoms with van der Waals surface area (Å²) in [5.41, 5.74) is 10.4. The van der Waals surface area contributed by atoms with E-state index in [1.807, 2.05) is 4.68 Å². The van der Waals surface area contributed by atoms with Gasteiger partial charge in [-0.25, -0.2) is 4.68 Å². The van der Waals surface area contributed by atoms with Crippen LogP contribution in [-0.4, -0.2) is 15.0 Å². The Bertz CT molecular complexity index is 591. The Morgan fingerprint density at radius 2 is 1.77 bits per heavy atom. The predicted octanol–water partition coefficient (Wildman–Crippen LogP) is 3.89. The Morgan fingerprint density at radius 3 is 2.32 bits per heavy atom. The molecule has 0 saturated heterocycles. The van der Waals surface area contributed by atoms with E-state index in [0.717, 1.165) is 29.9 Å². The monoisotopic (exact) mass is 300 g/mol. The lowest BCUT2D eigenvalue weighted by Crippen LogP contribution is -2.11. The minimum Gasteiger partial charge on any atom is -0.325 e. The van der Waals surface area contributed by atoms with Crippen LogP contribution in [0.1, 0.15) is 58.2 Å². The van der Waals surface area contributed by atoms with E-state index < -0.39 is 0 Å². The molecule has 0 fully saturated rings. The highest BCUT2D eigenvalue weighted by molar-refractivity contribution is 5.62. The van der Waals surface area contributed by atoms with Gasteiger partial charge in [0.05, 0.1) is 5.69 Å². The predicted molar refractivity (Wildman–Crippen MR) is 91.6 cm³/mol. The molecule has 0 aliphatic rings. The molecule has 22 heavy (non-hydrogen) atoms. The number of hydrogen-bond acceptors (Lipinski definition) is 3. The van der Waals surface area contributed by atoms with Crippen molar-refractivity contribution < 1.29 is 0 Å². The average molecular weight is 300 g/mol. The second-order valence-corrected chi connectivity index (χ2v) is 6.85. The fraction of sp³-hybridized carbons (Fsp3) is 0.556. The summed E-state index contributed by atoms with van der Waals surface area (Å²) in [5, 5.41) is 8.54. The zero-order valence-electron chi connectivity index (χ0n) is 14.3. The van der Waals surface area contributed by atoms with E-state index in [2.05, 4.69) is 62.3 Å². The van der Waals surface area contributed by atoms with Crippen molar-refractivity contribution in [2.45, 2.75) is 65.5 Å². The highest BCUT2D eigenvalue weighted by atomic mass is 15.4. The first-order chi connectivity index (χ1) is 10.5. The maximum absolute atomic E-state index is 5.84. The van der Waals surface area contributed by atoms with Crippen molar-refractivity contribution >= 4 is 0 Å². The Labute approximate surface area is 133 Å². The molecule has 0 aliphatic heterocycles. The molecule has 2 aromatic rings. The molecule has 1 heterocycles. The Balaban J connectivity index is 2.32. The molecule has 4 heteroatoms. The number of hydrogen-bond donors (Lipinski definition) is 1. The van der Waals surface area contributed by atoms with Crippen LogP contribution in [0.3, 0.4) is 0 Å². The fourth-order valence-electron chi connectivity index (χ4n) is 2.60. The van der Waals surface area contributed by atoms with E-state index in [1.165, 1.54) is 18.4 Å². The SMILES string of the molecule is CCCCCn1nnc(CN)c1-c1ccc(C(C)(C)C)cc1. The lowest BCUT2D eigenvalue weighted by molar-refractivity contribution is 0.541. The molecule has 1 aromatic heterocycles. The third-order valence-electron chi connectivity index (χ3n) is 4.00. The summed E-state index contributed by atoms with van der Waals surface area (Å²) >= 11 is 0. The van der Waals surface area contributed by atoms with Gasteiger partial charge in [0.25, 0.3) is 0 Å². The van der Waals surface area contributed by atoms with Crippen LogP contribution in [-0.2, 0) is 18.5 Å². The van der Waals surface area contributed by atoms with Crippen LogP contribution in [0.5, 0.6) is 0 Å². The minimum atomic E-state index is 0.162. The zero-order chi connectivity index (χ0) is 16.2. The maximum atomic E-state index is 5.84. The average Bonchev–Trinajstić information content (AvgIpc) is 2.90. The highest BCUT2D eigenvalue weighted by Gasteiger charge is 2.16. The molecule has 1 aromatic carbocycles. The van der Waals surface area contributed by atoms with Crippen molar-refractivity contribution in [3.05, 3.63) is 35.5 Å². The van der Waals surface area contributed by atoms with Gasteiger partial charge in [-0.05, 0) is 17.4 Å². The fourth-order valence-corrected chi connectivity index (χ4v) is 2.60. The summed E-state index contributed by atoms with van der Waals surface area (Å²) < 4.78 is 2.00. The van der Waals surface area contributed by atoms with Crippen LogP contribution < -0.4 is 5.73 Å². The first-order valence-electron chi connectivity index (χ1n) is 8.20. The molecule has 0 atom stereocenters. The van der Waals surface area contributed by atoms with Crippen molar-refractivity contribution in [3.63, 3.8) is 0 Å². The number of rotatable bonds is 6. The van der Waals surface area contributed by atoms with Crippen molar-refractivity contribution in [1.29, 1.82) is 0 Å². The quantitative estimate of drug-likeness (QED) is 0.823. The van der Waals surface area contributed by atoms with Crippen LogP contribution in [0.25, 0.3) is 11.3 Å². The number of unbranched alkanes of at least 4 members (excludes halogenated alkanes) is 2. The lowest BCUT2D eigenvalue weighted by Gasteiger charge is -2.19. The van der Waals surface area contributed by atoms with Crippen molar-refractivity contribution in [1.82, 2.24) is 15.0 Å².